The number of aryl methyl sites for hydroxylation is 1. The average molecular weight is 398 g/mol. The molecule has 0 radical (unpaired) electrons. The first-order valence-corrected chi connectivity index (χ1v) is 10.1. The normalized spacial score (nSPS) is 22.6. The Morgan fingerprint density at radius 3 is 2.56 bits per heavy atom. The number of hydrogen-bond acceptors (Lipinski definition) is 5. The minimum atomic E-state index is -4.42. The zero-order valence-electron chi connectivity index (χ0n) is 13.2. The van der Waals surface area contributed by atoms with Gasteiger partial charge in [0, 0.05) is 6.54 Å². The Labute approximate surface area is 146 Å². The molecule has 6 nitrogen and oxygen atoms in total. The molecule has 2 amide bonds. The number of alkyl halides is 3. The number of hydrogen-bond donors (Lipinski definition) is 2. The topological polar surface area (TPSA) is 92.3 Å². The largest absolute Gasteiger partial charge is 0.390 e. The smallest absolute Gasteiger partial charge is 0.355 e. The molecule has 2 N–H and O–H groups in total. The zero-order valence-corrected chi connectivity index (χ0v) is 14.9. The Morgan fingerprint density at radius 1 is 1.32 bits per heavy atom. The lowest BCUT2D eigenvalue weighted by molar-refractivity contribution is -0.136. The third-order valence-electron chi connectivity index (χ3n) is 3.78. The van der Waals surface area contributed by atoms with Crippen LogP contribution in [0.2, 0.25) is 0 Å². The van der Waals surface area contributed by atoms with Crippen molar-refractivity contribution in [1.29, 1.82) is 0 Å². The summed E-state index contributed by atoms with van der Waals surface area (Å²) in [6.07, 6.45) is -5.62. The molecule has 25 heavy (non-hydrogen) atoms. The first kappa shape index (κ1) is 19.7. The summed E-state index contributed by atoms with van der Waals surface area (Å²) in [7, 11) is -3.56. The fraction of sp³-hybridized carbons (Fsp3) is 0.571. The second-order valence-electron chi connectivity index (χ2n) is 5.85. The first-order chi connectivity index (χ1) is 11.5. The monoisotopic (exact) mass is 398 g/mol. The fourth-order valence-electron chi connectivity index (χ4n) is 2.55. The van der Waals surface area contributed by atoms with Crippen LogP contribution in [0.25, 0.3) is 0 Å². The van der Waals surface area contributed by atoms with Crippen LogP contribution in [0, 0.1) is 12.8 Å². The highest BCUT2D eigenvalue weighted by Gasteiger charge is 2.43. The van der Waals surface area contributed by atoms with E-state index in [-0.39, 0.29) is 0 Å². The van der Waals surface area contributed by atoms with E-state index in [9.17, 15) is 31.2 Å². The second kappa shape index (κ2) is 7.32. The standard InChI is InChI=1S/C14H17F3N2O4S2/c1-8-2-5-24-11(8)13(21)19-10-7-25(22,23)6-9(10)12(20)18-4-3-14(15,16)17/h2,5,9-10H,3-4,6-7H2,1H3,(H,18,20)(H,19,21)/t9-,10-/m1/s1. The molecule has 1 aromatic rings. The Morgan fingerprint density at radius 2 is 2.00 bits per heavy atom. The van der Waals surface area contributed by atoms with Crippen LogP contribution in [0.5, 0.6) is 0 Å². The van der Waals surface area contributed by atoms with E-state index in [4.69, 9.17) is 0 Å². The van der Waals surface area contributed by atoms with Gasteiger partial charge in [-0.15, -0.1) is 11.3 Å². The zero-order chi connectivity index (χ0) is 18.8. The Bertz CT molecular complexity index is 758. The molecule has 2 heterocycles. The van der Waals surface area contributed by atoms with Crippen molar-refractivity contribution in [3.8, 4) is 0 Å². The summed E-state index contributed by atoms with van der Waals surface area (Å²) in [5, 5.41) is 6.33. The highest BCUT2D eigenvalue weighted by molar-refractivity contribution is 7.91. The lowest BCUT2D eigenvalue weighted by Crippen LogP contribution is -2.46. The predicted octanol–water partition coefficient (Wildman–Crippen LogP) is 1.27. The third kappa shape index (κ3) is 5.43. The molecule has 1 saturated heterocycles. The highest BCUT2D eigenvalue weighted by atomic mass is 32.2. The van der Waals surface area contributed by atoms with Crippen molar-refractivity contribution in [3.63, 3.8) is 0 Å². The van der Waals surface area contributed by atoms with Crippen LogP contribution in [0.4, 0.5) is 13.2 Å². The molecule has 0 bridgehead atoms. The van der Waals surface area contributed by atoms with Crippen LogP contribution in [0.3, 0.4) is 0 Å². The van der Waals surface area contributed by atoms with Gasteiger partial charge in [-0.1, -0.05) is 0 Å². The summed E-state index contributed by atoms with van der Waals surface area (Å²) in [5.74, 6) is -3.33. The molecule has 2 atom stereocenters. The van der Waals surface area contributed by atoms with E-state index in [2.05, 4.69) is 10.6 Å². The molecule has 0 aliphatic carbocycles. The lowest BCUT2D eigenvalue weighted by Gasteiger charge is -2.19. The summed E-state index contributed by atoms with van der Waals surface area (Å²) in [4.78, 5) is 24.7. The van der Waals surface area contributed by atoms with Gasteiger partial charge in [0.25, 0.3) is 5.91 Å². The first-order valence-electron chi connectivity index (χ1n) is 7.38. The van der Waals surface area contributed by atoms with Gasteiger partial charge in [0.05, 0.1) is 34.8 Å². The van der Waals surface area contributed by atoms with Gasteiger partial charge in [-0.3, -0.25) is 9.59 Å². The Hall–Kier alpha value is -1.62. The van der Waals surface area contributed by atoms with Crippen molar-refractivity contribution in [3.05, 3.63) is 21.9 Å². The maximum absolute atomic E-state index is 12.2. The number of sulfone groups is 1. The summed E-state index contributed by atoms with van der Waals surface area (Å²) in [6.45, 7) is 1.09. The average Bonchev–Trinajstić information content (AvgIpc) is 3.00. The van der Waals surface area contributed by atoms with Crippen LogP contribution in [0.1, 0.15) is 21.7 Å². The molecule has 0 aromatic carbocycles. The lowest BCUT2D eigenvalue weighted by atomic mass is 10.0. The number of amides is 2. The molecule has 2 rings (SSSR count). The van der Waals surface area contributed by atoms with E-state index in [1.165, 1.54) is 11.3 Å². The molecule has 11 heteroatoms. The molecule has 1 fully saturated rings. The van der Waals surface area contributed by atoms with Gasteiger partial charge in [0.2, 0.25) is 5.91 Å². The SMILES string of the molecule is Cc1ccsc1C(=O)N[C@@H]1CS(=O)(=O)C[C@H]1C(=O)NCCC(F)(F)F. The van der Waals surface area contributed by atoms with Gasteiger partial charge >= 0.3 is 6.18 Å². The summed E-state index contributed by atoms with van der Waals surface area (Å²) < 4.78 is 60.1. The molecule has 0 saturated carbocycles. The van der Waals surface area contributed by atoms with Gasteiger partial charge in [-0.2, -0.15) is 13.2 Å². The van der Waals surface area contributed by atoms with Crippen molar-refractivity contribution in [2.45, 2.75) is 25.6 Å². The van der Waals surface area contributed by atoms with Crippen molar-refractivity contribution in [2.75, 3.05) is 18.1 Å². The highest BCUT2D eigenvalue weighted by Crippen LogP contribution is 2.23. The third-order valence-corrected chi connectivity index (χ3v) is 6.53. The summed E-state index contributed by atoms with van der Waals surface area (Å²) in [6, 6.07) is 0.761. The van der Waals surface area contributed by atoms with Crippen molar-refractivity contribution in [1.82, 2.24) is 10.6 Å². The minimum Gasteiger partial charge on any atom is -0.355 e. The maximum atomic E-state index is 12.2. The van der Waals surface area contributed by atoms with E-state index in [0.29, 0.717) is 4.88 Å². The van der Waals surface area contributed by atoms with E-state index in [1.54, 1.807) is 18.4 Å². The minimum absolute atomic E-state index is 0.403. The predicted molar refractivity (Wildman–Crippen MR) is 86.1 cm³/mol. The Kier molecular flexibility index (Phi) is 5.77. The molecule has 140 valence electrons. The number of rotatable bonds is 5. The second-order valence-corrected chi connectivity index (χ2v) is 8.92. The van der Waals surface area contributed by atoms with E-state index in [1.807, 2.05) is 0 Å². The van der Waals surface area contributed by atoms with Gasteiger partial charge in [0.1, 0.15) is 0 Å². The van der Waals surface area contributed by atoms with Crippen LogP contribution in [-0.4, -0.2) is 50.5 Å². The molecule has 1 aliphatic rings. The van der Waals surface area contributed by atoms with Crippen molar-refractivity contribution in [2.24, 2.45) is 5.92 Å². The Balaban J connectivity index is 2.03. The maximum Gasteiger partial charge on any atom is 0.390 e. The summed E-state index contributed by atoms with van der Waals surface area (Å²) in [5.41, 5.74) is 0.717. The van der Waals surface area contributed by atoms with Gasteiger partial charge < -0.3 is 10.6 Å². The molecular formula is C14H17F3N2O4S2. The number of nitrogens with one attached hydrogen (secondary N) is 2. The molecular weight excluding hydrogens is 381 g/mol. The number of carbonyl (C=O) groups is 2. The molecule has 1 aromatic heterocycles. The van der Waals surface area contributed by atoms with E-state index >= 15 is 0 Å². The molecule has 1 aliphatic heterocycles. The molecule has 0 unspecified atom stereocenters. The number of carbonyl (C=O) groups excluding carboxylic acids is 2. The van der Waals surface area contributed by atoms with Gasteiger partial charge in [-0.05, 0) is 23.9 Å². The van der Waals surface area contributed by atoms with Gasteiger partial charge in [-0.25, -0.2) is 8.42 Å². The number of halogens is 3. The van der Waals surface area contributed by atoms with Crippen molar-refractivity contribution >= 4 is 33.0 Å². The van der Waals surface area contributed by atoms with E-state index < -0.39 is 64.3 Å². The molecule has 0 spiro atoms. The number of thiophene rings is 1. The van der Waals surface area contributed by atoms with Gasteiger partial charge in [0.15, 0.2) is 9.84 Å². The van der Waals surface area contributed by atoms with Crippen LogP contribution in [0.15, 0.2) is 11.4 Å². The van der Waals surface area contributed by atoms with Crippen LogP contribution >= 0.6 is 11.3 Å². The van der Waals surface area contributed by atoms with Crippen LogP contribution in [-0.2, 0) is 14.6 Å². The van der Waals surface area contributed by atoms with E-state index in [0.717, 1.165) is 5.56 Å². The van der Waals surface area contributed by atoms with Crippen LogP contribution < -0.4 is 10.6 Å². The fourth-order valence-corrected chi connectivity index (χ4v) is 5.30. The van der Waals surface area contributed by atoms with Crippen molar-refractivity contribution < 1.29 is 31.2 Å². The summed E-state index contributed by atoms with van der Waals surface area (Å²) >= 11 is 1.18. The quantitative estimate of drug-likeness (QED) is 0.781.